The SMILES string of the molecule is O=C(NCC1CCCN(C(=O)Cn2cc([N+](=O)[O-])ccc2=O)C1)C1CCCN1. The van der Waals surface area contributed by atoms with Gasteiger partial charge in [-0.2, -0.15) is 0 Å². The van der Waals surface area contributed by atoms with Crippen LogP contribution in [0.2, 0.25) is 0 Å². The first kappa shape index (κ1) is 20.0. The van der Waals surface area contributed by atoms with Crippen LogP contribution >= 0.6 is 0 Å². The second-order valence-corrected chi connectivity index (χ2v) is 7.35. The molecule has 2 amide bonds. The summed E-state index contributed by atoms with van der Waals surface area (Å²) >= 11 is 0. The van der Waals surface area contributed by atoms with Crippen LogP contribution in [0.25, 0.3) is 0 Å². The molecule has 1 aromatic rings. The molecule has 152 valence electrons. The zero-order chi connectivity index (χ0) is 20.1. The predicted octanol–water partition coefficient (Wildman–Crippen LogP) is -0.137. The fraction of sp³-hybridized carbons (Fsp3) is 0.611. The Hall–Kier alpha value is -2.75. The Kier molecular flexibility index (Phi) is 6.40. The highest BCUT2D eigenvalue weighted by Gasteiger charge is 2.26. The molecule has 1 aromatic heterocycles. The van der Waals surface area contributed by atoms with Gasteiger partial charge in [0.2, 0.25) is 11.8 Å². The fourth-order valence-electron chi connectivity index (χ4n) is 3.73. The summed E-state index contributed by atoms with van der Waals surface area (Å²) in [5.41, 5.74) is -0.684. The minimum absolute atomic E-state index is 0.00379. The molecule has 28 heavy (non-hydrogen) atoms. The van der Waals surface area contributed by atoms with E-state index < -0.39 is 10.5 Å². The topological polar surface area (TPSA) is 127 Å². The smallest absolute Gasteiger partial charge is 0.285 e. The molecule has 0 spiro atoms. The third-order valence-electron chi connectivity index (χ3n) is 5.30. The molecule has 2 N–H and O–H groups in total. The number of likely N-dealkylation sites (tertiary alicyclic amines) is 1. The van der Waals surface area contributed by atoms with Gasteiger partial charge in [-0.15, -0.1) is 0 Å². The van der Waals surface area contributed by atoms with Gasteiger partial charge in [0.15, 0.2) is 0 Å². The Morgan fingerprint density at radius 2 is 2.11 bits per heavy atom. The minimum atomic E-state index is -0.598. The number of amides is 2. The lowest BCUT2D eigenvalue weighted by Crippen LogP contribution is -2.47. The zero-order valence-corrected chi connectivity index (χ0v) is 15.6. The molecule has 3 rings (SSSR count). The molecule has 2 aliphatic rings. The van der Waals surface area contributed by atoms with Crippen LogP contribution in [-0.2, 0) is 16.1 Å². The second-order valence-electron chi connectivity index (χ2n) is 7.35. The first-order chi connectivity index (χ1) is 13.4. The van der Waals surface area contributed by atoms with Gasteiger partial charge in [0.05, 0.1) is 17.2 Å². The summed E-state index contributed by atoms with van der Waals surface area (Å²) in [6.07, 6.45) is 4.67. The van der Waals surface area contributed by atoms with Gasteiger partial charge in [0.25, 0.3) is 11.2 Å². The van der Waals surface area contributed by atoms with Crippen molar-refractivity contribution in [2.24, 2.45) is 5.92 Å². The highest BCUT2D eigenvalue weighted by atomic mass is 16.6. The normalized spacial score (nSPS) is 22.1. The Bertz CT molecular complexity index is 802. The maximum atomic E-state index is 12.6. The van der Waals surface area contributed by atoms with E-state index in [0.29, 0.717) is 19.6 Å². The Morgan fingerprint density at radius 1 is 1.29 bits per heavy atom. The molecule has 0 saturated carbocycles. The average molecular weight is 391 g/mol. The van der Waals surface area contributed by atoms with Crippen molar-refractivity contribution in [3.8, 4) is 0 Å². The maximum Gasteiger partial charge on any atom is 0.285 e. The number of nitrogens with one attached hydrogen (secondary N) is 2. The lowest BCUT2D eigenvalue weighted by atomic mass is 9.97. The third kappa shape index (κ3) is 4.94. The van der Waals surface area contributed by atoms with Crippen molar-refractivity contribution in [2.75, 3.05) is 26.2 Å². The van der Waals surface area contributed by atoms with E-state index in [9.17, 15) is 24.5 Å². The van der Waals surface area contributed by atoms with Crippen LogP contribution in [-0.4, -0.2) is 58.4 Å². The first-order valence-electron chi connectivity index (χ1n) is 9.58. The van der Waals surface area contributed by atoms with E-state index in [1.54, 1.807) is 4.90 Å². The van der Waals surface area contributed by atoms with E-state index >= 15 is 0 Å². The molecule has 2 unspecified atom stereocenters. The summed E-state index contributed by atoms with van der Waals surface area (Å²) in [6, 6.07) is 2.10. The van der Waals surface area contributed by atoms with Crippen molar-refractivity contribution >= 4 is 17.5 Å². The van der Waals surface area contributed by atoms with E-state index in [4.69, 9.17) is 0 Å². The first-order valence-corrected chi connectivity index (χ1v) is 9.58. The van der Waals surface area contributed by atoms with Crippen LogP contribution in [0, 0.1) is 16.0 Å². The molecule has 2 atom stereocenters. The Morgan fingerprint density at radius 3 is 2.82 bits per heavy atom. The predicted molar refractivity (Wildman–Crippen MR) is 101 cm³/mol. The molecule has 10 heteroatoms. The van der Waals surface area contributed by atoms with Gasteiger partial charge in [0.1, 0.15) is 6.54 Å². The number of carbonyl (C=O) groups excluding carboxylic acids is 2. The monoisotopic (exact) mass is 391 g/mol. The number of aromatic nitrogens is 1. The standard InChI is InChI=1S/C18H25N5O5/c24-16-6-5-14(23(27)28)11-22(16)12-17(25)21-8-2-3-13(10-21)9-20-18(26)15-4-1-7-19-15/h5-6,11,13,15,19H,1-4,7-10,12H2,(H,20,26). The van der Waals surface area contributed by atoms with Gasteiger partial charge in [-0.25, -0.2) is 0 Å². The van der Waals surface area contributed by atoms with Crippen molar-refractivity contribution in [1.82, 2.24) is 20.1 Å². The Balaban J connectivity index is 1.54. The summed E-state index contributed by atoms with van der Waals surface area (Å²) < 4.78 is 1.07. The van der Waals surface area contributed by atoms with Gasteiger partial charge in [-0.3, -0.25) is 29.1 Å². The molecule has 0 aliphatic carbocycles. The van der Waals surface area contributed by atoms with Crippen LogP contribution in [0.1, 0.15) is 25.7 Å². The number of hydrogen-bond acceptors (Lipinski definition) is 6. The number of nitro groups is 1. The van der Waals surface area contributed by atoms with E-state index in [2.05, 4.69) is 10.6 Å². The van der Waals surface area contributed by atoms with Crippen LogP contribution in [0.5, 0.6) is 0 Å². The molecule has 0 aromatic carbocycles. The van der Waals surface area contributed by atoms with Crippen LogP contribution in [0.15, 0.2) is 23.1 Å². The molecular formula is C18H25N5O5. The number of rotatable bonds is 6. The number of piperidine rings is 1. The average Bonchev–Trinajstić information content (AvgIpc) is 3.22. The molecule has 2 fully saturated rings. The van der Waals surface area contributed by atoms with Crippen molar-refractivity contribution in [3.05, 3.63) is 38.8 Å². The zero-order valence-electron chi connectivity index (χ0n) is 15.6. The van der Waals surface area contributed by atoms with Gasteiger partial charge in [0, 0.05) is 31.8 Å². The molecule has 0 bridgehead atoms. The molecule has 10 nitrogen and oxygen atoms in total. The highest BCUT2D eigenvalue weighted by molar-refractivity contribution is 5.82. The lowest BCUT2D eigenvalue weighted by Gasteiger charge is -2.33. The largest absolute Gasteiger partial charge is 0.354 e. The summed E-state index contributed by atoms with van der Waals surface area (Å²) in [7, 11) is 0. The third-order valence-corrected chi connectivity index (χ3v) is 5.30. The van der Waals surface area contributed by atoms with Crippen LogP contribution in [0.4, 0.5) is 5.69 Å². The van der Waals surface area contributed by atoms with Gasteiger partial charge >= 0.3 is 0 Å². The summed E-state index contributed by atoms with van der Waals surface area (Å²) in [4.78, 5) is 48.6. The van der Waals surface area contributed by atoms with Crippen LogP contribution in [0.3, 0.4) is 0 Å². The fourth-order valence-corrected chi connectivity index (χ4v) is 3.73. The lowest BCUT2D eigenvalue weighted by molar-refractivity contribution is -0.385. The van der Waals surface area contributed by atoms with E-state index in [-0.39, 0.29) is 36.0 Å². The molecular weight excluding hydrogens is 366 g/mol. The van der Waals surface area contributed by atoms with Gasteiger partial charge in [-0.05, 0) is 38.1 Å². The highest BCUT2D eigenvalue weighted by Crippen LogP contribution is 2.17. The van der Waals surface area contributed by atoms with Crippen molar-refractivity contribution in [3.63, 3.8) is 0 Å². The number of carbonyl (C=O) groups is 2. The number of pyridine rings is 1. The van der Waals surface area contributed by atoms with E-state index in [1.165, 1.54) is 0 Å². The summed E-state index contributed by atoms with van der Waals surface area (Å²) in [5, 5.41) is 17.0. The summed E-state index contributed by atoms with van der Waals surface area (Å²) in [5.74, 6) is -0.0925. The molecule has 3 heterocycles. The molecule has 2 saturated heterocycles. The van der Waals surface area contributed by atoms with Crippen LogP contribution < -0.4 is 16.2 Å². The maximum absolute atomic E-state index is 12.6. The Labute approximate surface area is 162 Å². The van der Waals surface area contributed by atoms with Crippen molar-refractivity contribution < 1.29 is 14.5 Å². The van der Waals surface area contributed by atoms with Gasteiger partial charge < -0.3 is 15.5 Å². The quantitative estimate of drug-likeness (QED) is 0.513. The number of nitrogens with zero attached hydrogens (tertiary/aromatic N) is 3. The molecule has 0 radical (unpaired) electrons. The van der Waals surface area contributed by atoms with Crippen molar-refractivity contribution in [1.29, 1.82) is 0 Å². The molecule has 2 aliphatic heterocycles. The number of hydrogen-bond donors (Lipinski definition) is 2. The van der Waals surface area contributed by atoms with Gasteiger partial charge in [-0.1, -0.05) is 0 Å². The van der Waals surface area contributed by atoms with Crippen molar-refractivity contribution in [2.45, 2.75) is 38.3 Å². The minimum Gasteiger partial charge on any atom is -0.354 e. The second kappa shape index (κ2) is 8.96. The van der Waals surface area contributed by atoms with E-state index in [0.717, 1.165) is 55.1 Å². The summed E-state index contributed by atoms with van der Waals surface area (Å²) in [6.45, 7) is 2.22. The van der Waals surface area contributed by atoms with E-state index in [1.807, 2.05) is 0 Å².